The molecule has 2 aromatic carbocycles. The Morgan fingerprint density at radius 1 is 1.20 bits per heavy atom. The summed E-state index contributed by atoms with van der Waals surface area (Å²) in [6, 6.07) is 17.1. The van der Waals surface area contributed by atoms with Crippen LogP contribution in [0.3, 0.4) is 0 Å². The van der Waals surface area contributed by atoms with Crippen LogP contribution in [0.15, 0.2) is 48.5 Å². The molecule has 0 amide bonds. The largest absolute Gasteiger partial charge is 0.398 e. The molecule has 4 heteroatoms. The van der Waals surface area contributed by atoms with Crippen LogP contribution in [0.1, 0.15) is 11.1 Å². The molecule has 2 rings (SSSR count). The van der Waals surface area contributed by atoms with E-state index >= 15 is 0 Å². The maximum atomic E-state index is 9.47. The van der Waals surface area contributed by atoms with Crippen molar-refractivity contribution >= 4 is 11.4 Å². The van der Waals surface area contributed by atoms with Crippen molar-refractivity contribution in [3.8, 4) is 6.07 Å². The number of nitrogens with two attached hydrogens (primary N) is 1. The summed E-state index contributed by atoms with van der Waals surface area (Å²) in [6.07, 6.45) is 0.719. The number of rotatable bonds is 5. The molecular formula is C16H17N3O. The molecule has 4 N–H and O–H groups in total. The van der Waals surface area contributed by atoms with Gasteiger partial charge in [0.15, 0.2) is 0 Å². The van der Waals surface area contributed by atoms with Gasteiger partial charge in [-0.05, 0) is 30.2 Å². The van der Waals surface area contributed by atoms with Crippen LogP contribution in [-0.2, 0) is 6.42 Å². The molecule has 0 saturated heterocycles. The molecule has 0 aliphatic rings. The van der Waals surface area contributed by atoms with E-state index in [1.165, 1.54) is 0 Å². The van der Waals surface area contributed by atoms with Crippen LogP contribution in [0.25, 0.3) is 0 Å². The van der Waals surface area contributed by atoms with Gasteiger partial charge in [0, 0.05) is 5.69 Å². The zero-order valence-corrected chi connectivity index (χ0v) is 11.1. The maximum absolute atomic E-state index is 9.47. The maximum Gasteiger partial charge on any atom is 0.101 e. The topological polar surface area (TPSA) is 82.1 Å². The SMILES string of the molecule is N#Cc1ccc(NC(CO)Cc2ccccc2)cc1N. The van der Waals surface area contributed by atoms with Crippen molar-refractivity contribution in [3.63, 3.8) is 0 Å². The van der Waals surface area contributed by atoms with Crippen molar-refractivity contribution in [2.45, 2.75) is 12.5 Å². The van der Waals surface area contributed by atoms with E-state index in [-0.39, 0.29) is 12.6 Å². The van der Waals surface area contributed by atoms with E-state index in [9.17, 15) is 5.11 Å². The van der Waals surface area contributed by atoms with E-state index in [0.29, 0.717) is 11.3 Å². The van der Waals surface area contributed by atoms with Crippen LogP contribution in [-0.4, -0.2) is 17.8 Å². The van der Waals surface area contributed by atoms with E-state index in [1.807, 2.05) is 36.4 Å². The standard InChI is InChI=1S/C16H17N3O/c17-10-13-6-7-14(9-16(13)18)19-15(11-20)8-12-4-2-1-3-5-12/h1-7,9,15,19-20H,8,11,18H2. The fourth-order valence-corrected chi connectivity index (χ4v) is 2.05. The molecule has 0 aliphatic carbocycles. The minimum atomic E-state index is -0.0928. The number of nitriles is 1. The van der Waals surface area contributed by atoms with Crippen molar-refractivity contribution in [2.24, 2.45) is 0 Å². The predicted octanol–water partition coefficient (Wildman–Crippen LogP) is 2.16. The number of hydrogen-bond acceptors (Lipinski definition) is 4. The molecule has 0 saturated carbocycles. The Balaban J connectivity index is 2.07. The summed E-state index contributed by atoms with van der Waals surface area (Å²) >= 11 is 0. The van der Waals surface area contributed by atoms with Gasteiger partial charge in [0.05, 0.1) is 23.9 Å². The minimum Gasteiger partial charge on any atom is -0.398 e. The molecule has 0 aromatic heterocycles. The quantitative estimate of drug-likeness (QED) is 0.725. The second-order valence-corrected chi connectivity index (χ2v) is 4.63. The Morgan fingerprint density at radius 3 is 2.55 bits per heavy atom. The summed E-state index contributed by atoms with van der Waals surface area (Å²) in [4.78, 5) is 0. The Labute approximate surface area is 118 Å². The van der Waals surface area contributed by atoms with Gasteiger partial charge in [-0.15, -0.1) is 0 Å². The number of nitrogens with one attached hydrogen (secondary N) is 1. The lowest BCUT2D eigenvalue weighted by molar-refractivity contribution is 0.273. The molecular weight excluding hydrogens is 250 g/mol. The summed E-state index contributed by atoms with van der Waals surface area (Å²) in [6.45, 7) is 0.0226. The average Bonchev–Trinajstić information content (AvgIpc) is 2.48. The number of nitrogen functional groups attached to an aromatic ring is 1. The Morgan fingerprint density at radius 2 is 1.95 bits per heavy atom. The van der Waals surface area contributed by atoms with Crippen LogP contribution in [0.2, 0.25) is 0 Å². The average molecular weight is 267 g/mol. The highest BCUT2D eigenvalue weighted by Gasteiger charge is 2.09. The molecule has 0 aliphatic heterocycles. The van der Waals surface area contributed by atoms with E-state index < -0.39 is 0 Å². The van der Waals surface area contributed by atoms with Gasteiger partial charge in [0.25, 0.3) is 0 Å². The fraction of sp³-hybridized carbons (Fsp3) is 0.188. The first kappa shape index (κ1) is 13.9. The highest BCUT2D eigenvalue weighted by atomic mass is 16.3. The number of benzene rings is 2. The third kappa shape index (κ3) is 3.50. The highest BCUT2D eigenvalue weighted by Crippen LogP contribution is 2.18. The summed E-state index contributed by atoms with van der Waals surface area (Å²) in [5.41, 5.74) is 8.63. The van der Waals surface area contributed by atoms with Crippen molar-refractivity contribution in [1.29, 1.82) is 5.26 Å². The lowest BCUT2D eigenvalue weighted by Gasteiger charge is -2.18. The number of hydrogen-bond donors (Lipinski definition) is 3. The van der Waals surface area contributed by atoms with Crippen LogP contribution < -0.4 is 11.1 Å². The highest BCUT2D eigenvalue weighted by molar-refractivity contribution is 5.62. The van der Waals surface area contributed by atoms with E-state index in [4.69, 9.17) is 11.0 Å². The van der Waals surface area contributed by atoms with E-state index in [2.05, 4.69) is 5.32 Å². The van der Waals surface area contributed by atoms with E-state index in [0.717, 1.165) is 17.7 Å². The van der Waals surface area contributed by atoms with Gasteiger partial charge >= 0.3 is 0 Å². The lowest BCUT2D eigenvalue weighted by Crippen LogP contribution is -2.26. The molecule has 0 spiro atoms. The van der Waals surface area contributed by atoms with Gasteiger partial charge in [-0.2, -0.15) is 5.26 Å². The first-order chi connectivity index (χ1) is 9.72. The monoisotopic (exact) mass is 267 g/mol. The Hall–Kier alpha value is -2.51. The lowest BCUT2D eigenvalue weighted by atomic mass is 10.1. The van der Waals surface area contributed by atoms with Gasteiger partial charge < -0.3 is 16.2 Å². The molecule has 4 nitrogen and oxygen atoms in total. The molecule has 2 aromatic rings. The Bertz CT molecular complexity index is 605. The molecule has 20 heavy (non-hydrogen) atoms. The van der Waals surface area contributed by atoms with Crippen molar-refractivity contribution in [2.75, 3.05) is 17.7 Å². The fourth-order valence-electron chi connectivity index (χ4n) is 2.05. The zero-order chi connectivity index (χ0) is 14.4. The smallest absolute Gasteiger partial charge is 0.101 e. The molecule has 1 atom stereocenters. The van der Waals surface area contributed by atoms with Gasteiger partial charge in [-0.25, -0.2) is 0 Å². The molecule has 0 heterocycles. The Kier molecular flexibility index (Phi) is 4.59. The molecule has 102 valence electrons. The summed E-state index contributed by atoms with van der Waals surface area (Å²) in [5, 5.41) is 21.5. The third-order valence-electron chi connectivity index (χ3n) is 3.09. The second kappa shape index (κ2) is 6.60. The van der Waals surface area contributed by atoms with Gasteiger partial charge in [0.2, 0.25) is 0 Å². The minimum absolute atomic E-state index is 0.0226. The zero-order valence-electron chi connectivity index (χ0n) is 11.1. The van der Waals surface area contributed by atoms with Crippen LogP contribution in [0, 0.1) is 11.3 Å². The van der Waals surface area contributed by atoms with Crippen molar-refractivity contribution in [3.05, 3.63) is 59.7 Å². The van der Waals surface area contributed by atoms with Gasteiger partial charge in [0.1, 0.15) is 6.07 Å². The number of aliphatic hydroxyl groups excluding tert-OH is 1. The van der Waals surface area contributed by atoms with Crippen LogP contribution in [0.5, 0.6) is 0 Å². The van der Waals surface area contributed by atoms with Crippen LogP contribution >= 0.6 is 0 Å². The molecule has 0 radical (unpaired) electrons. The normalized spacial score (nSPS) is 11.6. The summed E-state index contributed by atoms with van der Waals surface area (Å²) in [7, 11) is 0. The van der Waals surface area contributed by atoms with Gasteiger partial charge in [-0.1, -0.05) is 30.3 Å². The first-order valence-electron chi connectivity index (χ1n) is 6.44. The van der Waals surface area contributed by atoms with Gasteiger partial charge in [-0.3, -0.25) is 0 Å². The number of aliphatic hydroxyl groups is 1. The summed E-state index contributed by atoms with van der Waals surface area (Å²) in [5.74, 6) is 0. The second-order valence-electron chi connectivity index (χ2n) is 4.63. The van der Waals surface area contributed by atoms with Crippen molar-refractivity contribution < 1.29 is 5.11 Å². The van der Waals surface area contributed by atoms with E-state index in [1.54, 1.807) is 18.2 Å². The molecule has 1 unspecified atom stereocenters. The molecule has 0 fully saturated rings. The van der Waals surface area contributed by atoms with Crippen LogP contribution in [0.4, 0.5) is 11.4 Å². The first-order valence-corrected chi connectivity index (χ1v) is 6.44. The predicted molar refractivity (Wildman–Crippen MR) is 80.2 cm³/mol. The third-order valence-corrected chi connectivity index (χ3v) is 3.09. The summed E-state index contributed by atoms with van der Waals surface area (Å²) < 4.78 is 0. The molecule has 0 bridgehead atoms. The van der Waals surface area contributed by atoms with Crippen molar-refractivity contribution in [1.82, 2.24) is 0 Å². The number of nitrogens with zero attached hydrogens (tertiary/aromatic N) is 1. The number of anilines is 2.